The summed E-state index contributed by atoms with van der Waals surface area (Å²) < 4.78 is 0. The number of carbonyl (C=O) groups is 1. The molecule has 0 saturated carbocycles. The van der Waals surface area contributed by atoms with Crippen molar-refractivity contribution in [3.63, 3.8) is 0 Å². The van der Waals surface area contributed by atoms with Crippen molar-refractivity contribution < 1.29 is 4.79 Å². The van der Waals surface area contributed by atoms with Crippen LogP contribution in [0.5, 0.6) is 0 Å². The molecule has 0 aromatic rings. The van der Waals surface area contributed by atoms with Gasteiger partial charge in [0.2, 0.25) is 5.91 Å². The van der Waals surface area contributed by atoms with Crippen molar-refractivity contribution in [2.24, 2.45) is 0 Å². The Labute approximate surface area is 79.7 Å². The van der Waals surface area contributed by atoms with Crippen LogP contribution in [-0.4, -0.2) is 49.9 Å². The zero-order chi connectivity index (χ0) is 10.3. The van der Waals surface area contributed by atoms with Crippen LogP contribution < -0.4 is 0 Å². The Morgan fingerprint density at radius 3 is 2.38 bits per heavy atom. The lowest BCUT2D eigenvalue weighted by atomic mass is 10.3. The summed E-state index contributed by atoms with van der Waals surface area (Å²) in [4.78, 5) is 14.9. The molecule has 0 spiro atoms. The predicted octanol–water partition coefficient (Wildman–Crippen LogP) is 0.310. The second-order valence-corrected chi connectivity index (χ2v) is 3.28. The third-order valence-corrected chi connectivity index (χ3v) is 1.76. The SMILES string of the molecule is CN(C)CCC(=O)N(C)CCC#N. The van der Waals surface area contributed by atoms with Crippen LogP contribution in [-0.2, 0) is 4.79 Å². The highest BCUT2D eigenvalue weighted by Gasteiger charge is 2.07. The van der Waals surface area contributed by atoms with Gasteiger partial charge >= 0.3 is 0 Å². The molecular weight excluding hydrogens is 166 g/mol. The molecule has 0 aliphatic rings. The number of hydrogen-bond acceptors (Lipinski definition) is 3. The quantitative estimate of drug-likeness (QED) is 0.616. The second-order valence-electron chi connectivity index (χ2n) is 3.28. The van der Waals surface area contributed by atoms with Gasteiger partial charge in [0.15, 0.2) is 0 Å². The molecule has 74 valence electrons. The Balaban J connectivity index is 3.64. The topological polar surface area (TPSA) is 47.3 Å². The smallest absolute Gasteiger partial charge is 0.223 e. The molecule has 4 heteroatoms. The van der Waals surface area contributed by atoms with E-state index in [4.69, 9.17) is 5.26 Å². The van der Waals surface area contributed by atoms with E-state index in [2.05, 4.69) is 0 Å². The van der Waals surface area contributed by atoms with Gasteiger partial charge < -0.3 is 9.80 Å². The Morgan fingerprint density at radius 2 is 1.92 bits per heavy atom. The van der Waals surface area contributed by atoms with Gasteiger partial charge in [-0.2, -0.15) is 5.26 Å². The van der Waals surface area contributed by atoms with Crippen molar-refractivity contribution in [2.45, 2.75) is 12.8 Å². The molecule has 0 aliphatic heterocycles. The van der Waals surface area contributed by atoms with E-state index in [1.807, 2.05) is 25.1 Å². The first-order chi connectivity index (χ1) is 6.07. The Hall–Kier alpha value is -1.08. The van der Waals surface area contributed by atoms with E-state index >= 15 is 0 Å². The lowest BCUT2D eigenvalue weighted by molar-refractivity contribution is -0.130. The van der Waals surface area contributed by atoms with E-state index in [0.29, 0.717) is 19.4 Å². The average Bonchev–Trinajstić information content (AvgIpc) is 2.10. The third kappa shape index (κ3) is 6.12. The largest absolute Gasteiger partial charge is 0.345 e. The molecule has 1 amide bonds. The minimum atomic E-state index is 0.101. The zero-order valence-electron chi connectivity index (χ0n) is 8.58. The minimum Gasteiger partial charge on any atom is -0.345 e. The first kappa shape index (κ1) is 11.9. The van der Waals surface area contributed by atoms with Crippen molar-refractivity contribution >= 4 is 5.91 Å². The standard InChI is InChI=1S/C9H17N3O/c1-11(2)8-5-9(13)12(3)7-4-6-10/h4-5,7-8H2,1-3H3. The fourth-order valence-corrected chi connectivity index (χ4v) is 0.853. The van der Waals surface area contributed by atoms with E-state index < -0.39 is 0 Å². The van der Waals surface area contributed by atoms with Gasteiger partial charge in [-0.05, 0) is 14.1 Å². The van der Waals surface area contributed by atoms with Crippen molar-refractivity contribution in [3.05, 3.63) is 0 Å². The van der Waals surface area contributed by atoms with E-state index in [9.17, 15) is 4.79 Å². The molecule has 4 nitrogen and oxygen atoms in total. The molecule has 0 heterocycles. The maximum absolute atomic E-state index is 11.3. The van der Waals surface area contributed by atoms with Gasteiger partial charge in [0.05, 0.1) is 12.5 Å². The van der Waals surface area contributed by atoms with Crippen molar-refractivity contribution in [1.82, 2.24) is 9.80 Å². The third-order valence-electron chi connectivity index (χ3n) is 1.76. The molecule has 0 N–H and O–H groups in total. The minimum absolute atomic E-state index is 0.101. The van der Waals surface area contributed by atoms with Gasteiger partial charge in [-0.15, -0.1) is 0 Å². The number of carbonyl (C=O) groups excluding carboxylic acids is 1. The van der Waals surface area contributed by atoms with Gasteiger partial charge in [-0.3, -0.25) is 4.79 Å². The lowest BCUT2D eigenvalue weighted by Crippen LogP contribution is -2.30. The summed E-state index contributed by atoms with van der Waals surface area (Å²) in [6.07, 6.45) is 0.930. The van der Waals surface area contributed by atoms with E-state index in [1.165, 1.54) is 0 Å². The Morgan fingerprint density at radius 1 is 1.31 bits per heavy atom. The van der Waals surface area contributed by atoms with Crippen LogP contribution >= 0.6 is 0 Å². The summed E-state index contributed by atoms with van der Waals surface area (Å²) in [7, 11) is 5.60. The van der Waals surface area contributed by atoms with Crippen molar-refractivity contribution in [3.8, 4) is 6.07 Å². The Kier molecular flexibility index (Phi) is 5.90. The van der Waals surface area contributed by atoms with Gasteiger partial charge in [-0.1, -0.05) is 0 Å². The summed E-state index contributed by atoms with van der Waals surface area (Å²) in [5, 5.41) is 8.32. The van der Waals surface area contributed by atoms with Gasteiger partial charge in [-0.25, -0.2) is 0 Å². The molecule has 0 rings (SSSR count). The summed E-state index contributed by atoms with van der Waals surface area (Å²) in [5.41, 5.74) is 0. The highest BCUT2D eigenvalue weighted by Crippen LogP contribution is 1.93. The van der Waals surface area contributed by atoms with Gasteiger partial charge in [0.1, 0.15) is 0 Å². The molecule has 0 bridgehead atoms. The molecule has 0 aromatic heterocycles. The van der Waals surface area contributed by atoms with Crippen LogP contribution in [0.3, 0.4) is 0 Å². The number of hydrogen-bond donors (Lipinski definition) is 0. The highest BCUT2D eigenvalue weighted by atomic mass is 16.2. The second kappa shape index (κ2) is 6.44. The molecular formula is C9H17N3O. The highest BCUT2D eigenvalue weighted by molar-refractivity contribution is 5.76. The number of nitriles is 1. The maximum Gasteiger partial charge on any atom is 0.223 e. The van der Waals surface area contributed by atoms with Crippen LogP contribution in [0.25, 0.3) is 0 Å². The first-order valence-electron chi connectivity index (χ1n) is 4.33. The molecule has 13 heavy (non-hydrogen) atoms. The van der Waals surface area contributed by atoms with Crippen molar-refractivity contribution in [2.75, 3.05) is 34.2 Å². The molecule has 0 radical (unpaired) electrons. The first-order valence-corrected chi connectivity index (χ1v) is 4.33. The molecule has 0 saturated heterocycles. The van der Waals surface area contributed by atoms with Gasteiger partial charge in [0, 0.05) is 26.6 Å². The Bertz CT molecular complexity index is 196. The van der Waals surface area contributed by atoms with Crippen LogP contribution in [0.4, 0.5) is 0 Å². The molecule has 0 aliphatic carbocycles. The zero-order valence-corrected chi connectivity index (χ0v) is 8.58. The predicted molar refractivity (Wildman–Crippen MR) is 51.0 cm³/mol. The maximum atomic E-state index is 11.3. The number of nitrogens with zero attached hydrogens (tertiary/aromatic N) is 3. The van der Waals surface area contributed by atoms with Crippen LogP contribution in [0.1, 0.15) is 12.8 Å². The van der Waals surface area contributed by atoms with Crippen LogP contribution in [0.2, 0.25) is 0 Å². The molecule has 0 fully saturated rings. The summed E-state index contributed by atoms with van der Waals surface area (Å²) in [6.45, 7) is 1.29. The normalized spacial score (nSPS) is 9.77. The molecule has 0 atom stereocenters. The number of amides is 1. The van der Waals surface area contributed by atoms with Crippen molar-refractivity contribution in [1.29, 1.82) is 5.26 Å². The summed E-state index contributed by atoms with van der Waals surface area (Å²) >= 11 is 0. The molecule has 0 unspecified atom stereocenters. The van der Waals surface area contributed by atoms with Crippen LogP contribution in [0.15, 0.2) is 0 Å². The molecule has 0 aromatic carbocycles. The lowest BCUT2D eigenvalue weighted by Gasteiger charge is -2.16. The number of rotatable bonds is 5. The monoisotopic (exact) mass is 183 g/mol. The fraction of sp³-hybridized carbons (Fsp3) is 0.778. The van der Waals surface area contributed by atoms with E-state index in [1.54, 1.807) is 11.9 Å². The van der Waals surface area contributed by atoms with Gasteiger partial charge in [0.25, 0.3) is 0 Å². The van der Waals surface area contributed by atoms with Crippen LogP contribution in [0, 0.1) is 11.3 Å². The summed E-state index contributed by atoms with van der Waals surface area (Å²) in [6, 6.07) is 2.01. The summed E-state index contributed by atoms with van der Waals surface area (Å²) in [5.74, 6) is 0.101. The van der Waals surface area contributed by atoms with E-state index in [0.717, 1.165) is 6.54 Å². The average molecular weight is 183 g/mol. The van der Waals surface area contributed by atoms with E-state index in [-0.39, 0.29) is 5.91 Å². The fourth-order valence-electron chi connectivity index (χ4n) is 0.853.